The van der Waals surface area contributed by atoms with Crippen molar-refractivity contribution >= 4 is 22.6 Å². The van der Waals surface area contributed by atoms with Gasteiger partial charge in [-0.15, -0.1) is 0 Å². The van der Waals surface area contributed by atoms with Gasteiger partial charge in [0.15, 0.2) is 11.5 Å². The lowest BCUT2D eigenvalue weighted by Crippen LogP contribution is -2.37. The number of rotatable bonds is 7. The Bertz CT molecular complexity index is 1030. The molecule has 3 rings (SSSR count). The molecule has 0 unspecified atom stereocenters. The summed E-state index contributed by atoms with van der Waals surface area (Å²) in [4.78, 5) is 26.5. The number of benzene rings is 3. The lowest BCUT2D eigenvalue weighted by Gasteiger charge is -2.20. The smallest absolute Gasteiger partial charge is 0.251 e. The minimum Gasteiger partial charge on any atom is -0.493 e. The van der Waals surface area contributed by atoms with E-state index < -0.39 is 0 Å². The summed E-state index contributed by atoms with van der Waals surface area (Å²) >= 11 is 0. The van der Waals surface area contributed by atoms with Crippen LogP contribution in [0.2, 0.25) is 0 Å². The number of fused-ring (bicyclic) bond motifs is 1. The van der Waals surface area contributed by atoms with Crippen molar-refractivity contribution in [2.24, 2.45) is 0 Å². The number of nitrogens with one attached hydrogen (secondary N) is 1. The fraction of sp³-hybridized carbons (Fsp3) is 0.217. The van der Waals surface area contributed by atoms with Gasteiger partial charge in [0, 0.05) is 24.7 Å². The van der Waals surface area contributed by atoms with Crippen LogP contribution in [-0.2, 0) is 11.3 Å². The predicted molar refractivity (Wildman–Crippen MR) is 112 cm³/mol. The Morgan fingerprint density at radius 2 is 1.69 bits per heavy atom. The number of para-hydroxylation sites is 1. The second-order valence-electron chi connectivity index (χ2n) is 6.65. The number of carbonyl (C=O) groups is 2. The average Bonchev–Trinajstić information content (AvgIpc) is 2.76. The molecule has 0 bridgehead atoms. The number of ether oxygens (including phenoxy) is 2. The van der Waals surface area contributed by atoms with E-state index in [1.807, 2.05) is 48.5 Å². The maximum atomic E-state index is 12.5. The minimum absolute atomic E-state index is 0.0888. The van der Waals surface area contributed by atoms with Crippen LogP contribution in [-0.4, -0.2) is 44.5 Å². The molecule has 0 fully saturated rings. The van der Waals surface area contributed by atoms with E-state index in [9.17, 15) is 9.59 Å². The summed E-state index contributed by atoms with van der Waals surface area (Å²) in [6, 6.07) is 18.8. The van der Waals surface area contributed by atoms with Crippen molar-refractivity contribution in [2.45, 2.75) is 6.54 Å². The Morgan fingerprint density at radius 3 is 2.41 bits per heavy atom. The van der Waals surface area contributed by atoms with Gasteiger partial charge < -0.3 is 19.7 Å². The van der Waals surface area contributed by atoms with Gasteiger partial charge in [-0.3, -0.25) is 9.59 Å². The van der Waals surface area contributed by atoms with E-state index in [-0.39, 0.29) is 18.4 Å². The summed E-state index contributed by atoms with van der Waals surface area (Å²) < 4.78 is 10.7. The van der Waals surface area contributed by atoms with E-state index in [2.05, 4.69) is 5.32 Å². The molecule has 1 N–H and O–H groups in total. The zero-order valence-electron chi connectivity index (χ0n) is 16.8. The molecule has 3 aromatic carbocycles. The molecule has 150 valence electrons. The molecule has 0 aliphatic rings. The maximum absolute atomic E-state index is 12.5. The van der Waals surface area contributed by atoms with Crippen molar-refractivity contribution in [1.82, 2.24) is 10.2 Å². The SMILES string of the molecule is COc1cccc(CN(C)C(=O)CNC(=O)c2ccc3ccccc3c2)c1OC. The molecule has 0 saturated carbocycles. The Labute approximate surface area is 170 Å². The Morgan fingerprint density at radius 1 is 0.931 bits per heavy atom. The lowest BCUT2D eigenvalue weighted by atomic mass is 10.1. The highest BCUT2D eigenvalue weighted by Gasteiger charge is 2.16. The van der Waals surface area contributed by atoms with Crippen molar-refractivity contribution in [3.63, 3.8) is 0 Å². The van der Waals surface area contributed by atoms with Crippen molar-refractivity contribution in [1.29, 1.82) is 0 Å². The fourth-order valence-electron chi connectivity index (χ4n) is 3.15. The molecule has 0 atom stereocenters. The predicted octanol–water partition coefficient (Wildman–Crippen LogP) is 3.25. The first kappa shape index (κ1) is 20.2. The number of amides is 2. The van der Waals surface area contributed by atoms with Crippen LogP contribution in [0.4, 0.5) is 0 Å². The summed E-state index contributed by atoms with van der Waals surface area (Å²) in [5, 5.41) is 4.74. The number of hydrogen-bond acceptors (Lipinski definition) is 4. The molecular formula is C23H24N2O4. The first-order valence-electron chi connectivity index (χ1n) is 9.24. The Hall–Kier alpha value is -3.54. The monoisotopic (exact) mass is 392 g/mol. The van der Waals surface area contributed by atoms with Gasteiger partial charge >= 0.3 is 0 Å². The van der Waals surface area contributed by atoms with Crippen LogP contribution in [0.1, 0.15) is 15.9 Å². The van der Waals surface area contributed by atoms with Gasteiger partial charge in [0.2, 0.25) is 5.91 Å². The highest BCUT2D eigenvalue weighted by atomic mass is 16.5. The first-order chi connectivity index (χ1) is 14.0. The van der Waals surface area contributed by atoms with Crippen LogP contribution in [0.25, 0.3) is 10.8 Å². The normalized spacial score (nSPS) is 10.4. The molecule has 2 amide bonds. The van der Waals surface area contributed by atoms with Crippen LogP contribution < -0.4 is 14.8 Å². The number of methoxy groups -OCH3 is 2. The molecule has 29 heavy (non-hydrogen) atoms. The van der Waals surface area contributed by atoms with Crippen molar-refractivity contribution in [3.8, 4) is 11.5 Å². The lowest BCUT2D eigenvalue weighted by molar-refractivity contribution is -0.129. The quantitative estimate of drug-likeness (QED) is 0.670. The molecule has 3 aromatic rings. The van der Waals surface area contributed by atoms with Crippen LogP contribution >= 0.6 is 0 Å². The Kier molecular flexibility index (Phi) is 6.34. The van der Waals surface area contributed by atoms with Crippen molar-refractivity contribution in [3.05, 3.63) is 71.8 Å². The van der Waals surface area contributed by atoms with Gasteiger partial charge in [0.05, 0.1) is 20.8 Å². The van der Waals surface area contributed by atoms with Gasteiger partial charge in [-0.05, 0) is 29.0 Å². The molecular weight excluding hydrogens is 368 g/mol. The summed E-state index contributed by atoms with van der Waals surface area (Å²) in [6.07, 6.45) is 0. The third kappa shape index (κ3) is 4.66. The van der Waals surface area contributed by atoms with Crippen LogP contribution in [0.5, 0.6) is 11.5 Å². The molecule has 0 aromatic heterocycles. The van der Waals surface area contributed by atoms with Crippen LogP contribution in [0.15, 0.2) is 60.7 Å². The Balaban J connectivity index is 1.61. The second kappa shape index (κ2) is 9.10. The topological polar surface area (TPSA) is 67.9 Å². The number of nitrogens with zero attached hydrogens (tertiary/aromatic N) is 1. The number of likely N-dealkylation sites (N-methyl/N-ethyl adjacent to an activating group) is 1. The van der Waals surface area contributed by atoms with E-state index in [4.69, 9.17) is 9.47 Å². The molecule has 0 saturated heterocycles. The molecule has 6 nitrogen and oxygen atoms in total. The van der Waals surface area contributed by atoms with E-state index in [1.165, 1.54) is 4.90 Å². The molecule has 0 spiro atoms. The highest BCUT2D eigenvalue weighted by Crippen LogP contribution is 2.31. The van der Waals surface area contributed by atoms with E-state index >= 15 is 0 Å². The van der Waals surface area contributed by atoms with Gasteiger partial charge in [-0.1, -0.05) is 42.5 Å². The summed E-state index contributed by atoms with van der Waals surface area (Å²) in [5.41, 5.74) is 1.34. The average molecular weight is 392 g/mol. The largest absolute Gasteiger partial charge is 0.493 e. The molecule has 0 aliphatic heterocycles. The van der Waals surface area contributed by atoms with Gasteiger partial charge in [0.25, 0.3) is 5.91 Å². The van der Waals surface area contributed by atoms with E-state index in [0.29, 0.717) is 23.6 Å². The molecule has 6 heteroatoms. The van der Waals surface area contributed by atoms with Gasteiger partial charge in [-0.2, -0.15) is 0 Å². The number of carbonyl (C=O) groups excluding carboxylic acids is 2. The molecule has 0 heterocycles. The fourth-order valence-corrected chi connectivity index (χ4v) is 3.15. The summed E-state index contributed by atoms with van der Waals surface area (Å²) in [7, 11) is 4.81. The maximum Gasteiger partial charge on any atom is 0.251 e. The van der Waals surface area contributed by atoms with Crippen LogP contribution in [0, 0.1) is 0 Å². The summed E-state index contributed by atoms with van der Waals surface area (Å²) in [5.74, 6) is 0.714. The van der Waals surface area contributed by atoms with Gasteiger partial charge in [0.1, 0.15) is 0 Å². The van der Waals surface area contributed by atoms with E-state index in [0.717, 1.165) is 16.3 Å². The highest BCUT2D eigenvalue weighted by molar-refractivity contribution is 6.00. The second-order valence-corrected chi connectivity index (χ2v) is 6.65. The van der Waals surface area contributed by atoms with Crippen LogP contribution in [0.3, 0.4) is 0 Å². The number of hydrogen-bond donors (Lipinski definition) is 1. The van der Waals surface area contributed by atoms with Crippen molar-refractivity contribution in [2.75, 3.05) is 27.8 Å². The first-order valence-corrected chi connectivity index (χ1v) is 9.24. The summed E-state index contributed by atoms with van der Waals surface area (Å²) in [6.45, 7) is 0.249. The third-order valence-electron chi connectivity index (χ3n) is 4.73. The zero-order chi connectivity index (χ0) is 20.8. The minimum atomic E-state index is -0.281. The molecule has 0 aliphatic carbocycles. The standard InChI is InChI=1S/C23H24N2O4/c1-25(15-19-9-6-10-20(28-2)22(19)29-3)21(26)14-24-23(27)18-12-11-16-7-4-5-8-17(16)13-18/h4-13H,14-15H2,1-3H3,(H,24,27). The third-order valence-corrected chi connectivity index (χ3v) is 4.73. The molecule has 0 radical (unpaired) electrons. The van der Waals surface area contributed by atoms with Crippen molar-refractivity contribution < 1.29 is 19.1 Å². The van der Waals surface area contributed by atoms with E-state index in [1.54, 1.807) is 33.4 Å². The zero-order valence-corrected chi connectivity index (χ0v) is 16.8. The van der Waals surface area contributed by atoms with Gasteiger partial charge in [-0.25, -0.2) is 0 Å².